The van der Waals surface area contributed by atoms with E-state index in [-0.39, 0.29) is 0 Å². The lowest BCUT2D eigenvalue weighted by molar-refractivity contribution is 0.237. The van der Waals surface area contributed by atoms with Crippen LogP contribution in [-0.2, 0) is 0 Å². The van der Waals surface area contributed by atoms with Crippen molar-refractivity contribution in [2.75, 3.05) is 34.2 Å². The highest BCUT2D eigenvalue weighted by molar-refractivity contribution is 6.04. The molecule has 1 N–H and O–H groups in total. The van der Waals surface area contributed by atoms with E-state index < -0.39 is 0 Å². The summed E-state index contributed by atoms with van der Waals surface area (Å²) in [5.74, 6) is 1.63. The van der Waals surface area contributed by atoms with E-state index in [0.29, 0.717) is 5.92 Å². The third-order valence-electron chi connectivity index (χ3n) is 6.23. The molecule has 0 unspecified atom stereocenters. The number of likely N-dealkylation sites (tertiary alicyclic amines) is 1. The molecule has 2 heterocycles. The Balaban J connectivity index is 1.72. The number of fused-ring (bicyclic) bond motifs is 1. The molecule has 0 saturated carbocycles. The first-order chi connectivity index (χ1) is 14.4. The van der Waals surface area contributed by atoms with Gasteiger partial charge in [0.15, 0.2) is 0 Å². The zero-order valence-corrected chi connectivity index (χ0v) is 19.2. The topological polar surface area (TPSA) is 34.6 Å². The number of benzene rings is 1. The van der Waals surface area contributed by atoms with Gasteiger partial charge in [0.2, 0.25) is 0 Å². The number of rotatable bonds is 6. The SMILES string of the molecule is C=C(C\C=C/N=C(/C(C)=C(/C)c1cc2ccccc2[nH]1)N(C)C)C1CCN(C)CC1. The monoisotopic (exact) mass is 404 g/mol. The Morgan fingerprint density at radius 2 is 1.93 bits per heavy atom. The second-order valence-corrected chi connectivity index (χ2v) is 8.69. The third-order valence-corrected chi connectivity index (χ3v) is 6.23. The number of aromatic nitrogens is 1. The van der Waals surface area contributed by atoms with E-state index in [0.717, 1.165) is 23.5 Å². The molecule has 1 aromatic heterocycles. The maximum absolute atomic E-state index is 4.79. The quantitative estimate of drug-likeness (QED) is 0.379. The molecule has 160 valence electrons. The Hall–Kier alpha value is -2.59. The first-order valence-corrected chi connectivity index (χ1v) is 10.9. The summed E-state index contributed by atoms with van der Waals surface area (Å²) < 4.78 is 0. The molecule has 0 aliphatic carbocycles. The smallest absolute Gasteiger partial charge is 0.131 e. The van der Waals surface area contributed by atoms with Gasteiger partial charge in [0.05, 0.1) is 0 Å². The summed E-state index contributed by atoms with van der Waals surface area (Å²) in [6.07, 6.45) is 7.44. The van der Waals surface area contributed by atoms with Gasteiger partial charge in [-0.2, -0.15) is 0 Å². The first kappa shape index (κ1) is 22.1. The van der Waals surface area contributed by atoms with Crippen LogP contribution in [0.1, 0.15) is 38.8 Å². The van der Waals surface area contributed by atoms with Gasteiger partial charge < -0.3 is 14.8 Å². The summed E-state index contributed by atoms with van der Waals surface area (Å²) in [5, 5.41) is 1.23. The molecule has 1 aliphatic heterocycles. The molecule has 2 aromatic rings. The number of piperidine rings is 1. The second kappa shape index (κ2) is 9.94. The summed E-state index contributed by atoms with van der Waals surface area (Å²) in [6.45, 7) is 11.0. The predicted molar refractivity (Wildman–Crippen MR) is 131 cm³/mol. The Labute approximate surface area is 181 Å². The van der Waals surface area contributed by atoms with Crippen molar-refractivity contribution in [2.24, 2.45) is 10.9 Å². The van der Waals surface area contributed by atoms with Crippen molar-refractivity contribution in [3.63, 3.8) is 0 Å². The Morgan fingerprint density at radius 1 is 1.23 bits per heavy atom. The molecule has 4 heteroatoms. The lowest BCUT2D eigenvalue weighted by atomic mass is 9.88. The number of H-pyrrole nitrogens is 1. The van der Waals surface area contributed by atoms with E-state index >= 15 is 0 Å². The molecule has 0 radical (unpaired) electrons. The van der Waals surface area contributed by atoms with E-state index in [1.807, 2.05) is 20.3 Å². The van der Waals surface area contributed by atoms with Crippen LogP contribution in [0.2, 0.25) is 0 Å². The van der Waals surface area contributed by atoms with Crippen molar-refractivity contribution in [3.8, 4) is 0 Å². The number of hydrogen-bond donors (Lipinski definition) is 1. The van der Waals surface area contributed by atoms with E-state index in [1.165, 1.54) is 48.0 Å². The number of nitrogens with one attached hydrogen (secondary N) is 1. The number of likely N-dealkylation sites (N-methyl/N-ethyl adjacent to an activating group) is 1. The van der Waals surface area contributed by atoms with Crippen molar-refractivity contribution in [2.45, 2.75) is 33.1 Å². The van der Waals surface area contributed by atoms with Crippen LogP contribution in [0.5, 0.6) is 0 Å². The lowest BCUT2D eigenvalue weighted by Gasteiger charge is -2.29. The van der Waals surface area contributed by atoms with Crippen molar-refractivity contribution in [1.82, 2.24) is 14.8 Å². The molecular formula is C26H36N4. The molecule has 1 aromatic carbocycles. The van der Waals surface area contributed by atoms with E-state index in [1.54, 1.807) is 0 Å². The third kappa shape index (κ3) is 5.31. The molecule has 0 atom stereocenters. The summed E-state index contributed by atoms with van der Waals surface area (Å²) in [4.78, 5) is 12.8. The van der Waals surface area contributed by atoms with Crippen LogP contribution in [0, 0.1) is 5.92 Å². The number of hydrogen-bond acceptors (Lipinski definition) is 2. The molecule has 0 amide bonds. The normalized spacial score (nSPS) is 17.6. The molecule has 4 nitrogen and oxygen atoms in total. The van der Waals surface area contributed by atoms with Gasteiger partial charge in [-0.1, -0.05) is 36.4 Å². The van der Waals surface area contributed by atoms with Crippen LogP contribution in [0.25, 0.3) is 16.5 Å². The summed E-state index contributed by atoms with van der Waals surface area (Å²) in [6, 6.07) is 10.6. The Morgan fingerprint density at radius 3 is 2.60 bits per heavy atom. The van der Waals surface area contributed by atoms with Gasteiger partial charge in [-0.05, 0) is 87.8 Å². The van der Waals surface area contributed by atoms with Crippen LogP contribution >= 0.6 is 0 Å². The number of nitrogens with zero attached hydrogens (tertiary/aromatic N) is 3. The van der Waals surface area contributed by atoms with Gasteiger partial charge in [-0.15, -0.1) is 0 Å². The molecule has 0 spiro atoms. The molecule has 1 aliphatic rings. The van der Waals surface area contributed by atoms with Crippen molar-refractivity contribution in [3.05, 3.63) is 66.0 Å². The highest BCUT2D eigenvalue weighted by Gasteiger charge is 2.18. The van der Waals surface area contributed by atoms with Crippen LogP contribution in [0.3, 0.4) is 0 Å². The van der Waals surface area contributed by atoms with Crippen molar-refractivity contribution >= 4 is 22.3 Å². The standard InChI is InChI=1S/C26H36N4/c1-19(22-13-16-30(6)17-14-22)10-9-15-27-26(29(4)5)21(3)20(2)25-18-23-11-7-8-12-24(23)28-25/h7-9,11-12,15,18,22,28H,1,10,13-14,16-17H2,2-6H3/b15-9-,21-20-,27-26-. The zero-order valence-electron chi connectivity index (χ0n) is 19.2. The summed E-state index contributed by atoms with van der Waals surface area (Å²) >= 11 is 0. The summed E-state index contributed by atoms with van der Waals surface area (Å²) in [7, 11) is 6.29. The molecule has 30 heavy (non-hydrogen) atoms. The predicted octanol–water partition coefficient (Wildman–Crippen LogP) is 5.72. The molecule has 0 bridgehead atoms. The zero-order chi connectivity index (χ0) is 21.7. The largest absolute Gasteiger partial charge is 0.363 e. The average molecular weight is 405 g/mol. The number of para-hydroxylation sites is 1. The molecule has 3 rings (SSSR count). The Bertz CT molecular complexity index is 933. The van der Waals surface area contributed by atoms with Gasteiger partial charge in [-0.3, -0.25) is 0 Å². The average Bonchev–Trinajstić information content (AvgIpc) is 3.17. The van der Waals surface area contributed by atoms with Gasteiger partial charge >= 0.3 is 0 Å². The minimum atomic E-state index is 0.647. The maximum atomic E-state index is 4.79. The fourth-order valence-corrected chi connectivity index (χ4v) is 4.10. The molecule has 1 saturated heterocycles. The van der Waals surface area contributed by atoms with E-state index in [2.05, 4.69) is 78.7 Å². The number of amidine groups is 1. The van der Waals surface area contributed by atoms with Gasteiger partial charge in [0.1, 0.15) is 5.84 Å². The van der Waals surface area contributed by atoms with Crippen molar-refractivity contribution in [1.29, 1.82) is 0 Å². The number of allylic oxidation sites excluding steroid dienone is 3. The maximum Gasteiger partial charge on any atom is 0.131 e. The van der Waals surface area contributed by atoms with Gasteiger partial charge in [0.25, 0.3) is 0 Å². The summed E-state index contributed by atoms with van der Waals surface area (Å²) in [5.41, 5.74) is 6.02. The van der Waals surface area contributed by atoms with Gasteiger partial charge in [-0.25, -0.2) is 4.99 Å². The van der Waals surface area contributed by atoms with Crippen LogP contribution < -0.4 is 0 Å². The van der Waals surface area contributed by atoms with Crippen molar-refractivity contribution < 1.29 is 0 Å². The van der Waals surface area contributed by atoms with Crippen LogP contribution in [0.4, 0.5) is 0 Å². The van der Waals surface area contributed by atoms with E-state index in [4.69, 9.17) is 4.99 Å². The first-order valence-electron chi connectivity index (χ1n) is 10.9. The van der Waals surface area contributed by atoms with Gasteiger partial charge in [0, 0.05) is 31.5 Å². The fraction of sp³-hybridized carbons (Fsp3) is 0.423. The highest BCUT2D eigenvalue weighted by atomic mass is 15.1. The van der Waals surface area contributed by atoms with E-state index in [9.17, 15) is 0 Å². The number of aliphatic imine (C=N–C) groups is 1. The highest BCUT2D eigenvalue weighted by Crippen LogP contribution is 2.26. The lowest BCUT2D eigenvalue weighted by Crippen LogP contribution is -2.30. The Kier molecular flexibility index (Phi) is 7.33. The van der Waals surface area contributed by atoms with Crippen LogP contribution in [0.15, 0.2) is 65.3 Å². The fourth-order valence-electron chi connectivity index (χ4n) is 4.10. The number of aromatic amines is 1. The molecule has 1 fully saturated rings. The molecular weight excluding hydrogens is 368 g/mol. The van der Waals surface area contributed by atoms with Crippen LogP contribution in [-0.4, -0.2) is 54.9 Å². The minimum Gasteiger partial charge on any atom is -0.363 e. The second-order valence-electron chi connectivity index (χ2n) is 8.69. The minimum absolute atomic E-state index is 0.647.